The van der Waals surface area contributed by atoms with Gasteiger partial charge >= 0.3 is 5.97 Å². The highest BCUT2D eigenvalue weighted by molar-refractivity contribution is 5.72. The molecule has 4 nitrogen and oxygen atoms in total. The van der Waals surface area contributed by atoms with E-state index in [0.29, 0.717) is 13.0 Å². The summed E-state index contributed by atoms with van der Waals surface area (Å²) in [6.45, 7) is 3.53. The molecule has 106 valence electrons. The van der Waals surface area contributed by atoms with Crippen LogP contribution >= 0.6 is 0 Å². The van der Waals surface area contributed by atoms with Crippen molar-refractivity contribution in [2.45, 2.75) is 70.5 Å². The van der Waals surface area contributed by atoms with Gasteiger partial charge in [-0.3, -0.25) is 0 Å². The lowest BCUT2D eigenvalue weighted by atomic mass is 10.1. The molecule has 1 rings (SSSR count). The van der Waals surface area contributed by atoms with Crippen molar-refractivity contribution in [3.05, 3.63) is 0 Å². The monoisotopic (exact) mass is 258 g/mol. The predicted octanol–water partition coefficient (Wildman–Crippen LogP) is 3.00. The van der Waals surface area contributed by atoms with Crippen LogP contribution in [0.3, 0.4) is 0 Å². The van der Waals surface area contributed by atoms with Crippen LogP contribution in [0.5, 0.6) is 0 Å². The van der Waals surface area contributed by atoms with Crippen LogP contribution in [0, 0.1) is 0 Å². The highest BCUT2D eigenvalue weighted by Gasteiger charge is 2.30. The minimum absolute atomic E-state index is 0.0220. The molecule has 0 amide bonds. The Kier molecular flexibility index (Phi) is 8.01. The lowest BCUT2D eigenvalue weighted by molar-refractivity contribution is -0.150. The summed E-state index contributed by atoms with van der Waals surface area (Å²) < 4.78 is 10.9. The molecule has 0 aromatic carbocycles. The summed E-state index contributed by atoms with van der Waals surface area (Å²) in [7, 11) is 0. The molecule has 1 aliphatic rings. The van der Waals surface area contributed by atoms with Crippen molar-refractivity contribution in [3.63, 3.8) is 0 Å². The SMILES string of the molecule is CCCCCCCCOCC1CCC(C(=O)O)O1. The molecule has 0 radical (unpaired) electrons. The van der Waals surface area contributed by atoms with Crippen molar-refractivity contribution >= 4 is 5.97 Å². The predicted molar refractivity (Wildman–Crippen MR) is 69.7 cm³/mol. The molecular weight excluding hydrogens is 232 g/mol. The second-order valence-electron chi connectivity index (χ2n) is 5.01. The van der Waals surface area contributed by atoms with Gasteiger partial charge in [-0.1, -0.05) is 39.0 Å². The van der Waals surface area contributed by atoms with Crippen LogP contribution in [0.25, 0.3) is 0 Å². The van der Waals surface area contributed by atoms with Gasteiger partial charge in [-0.05, 0) is 19.3 Å². The minimum atomic E-state index is -0.853. The normalized spacial score (nSPS) is 23.4. The van der Waals surface area contributed by atoms with E-state index in [1.165, 1.54) is 32.1 Å². The smallest absolute Gasteiger partial charge is 0.332 e. The van der Waals surface area contributed by atoms with Crippen LogP contribution in [0.15, 0.2) is 0 Å². The number of rotatable bonds is 10. The Morgan fingerprint density at radius 2 is 1.94 bits per heavy atom. The molecule has 1 fully saturated rings. The van der Waals surface area contributed by atoms with Crippen molar-refractivity contribution in [3.8, 4) is 0 Å². The molecule has 0 aliphatic carbocycles. The number of carboxylic acid groups (broad SMARTS) is 1. The molecule has 18 heavy (non-hydrogen) atoms. The maximum atomic E-state index is 10.7. The maximum absolute atomic E-state index is 10.7. The summed E-state index contributed by atoms with van der Waals surface area (Å²) in [6.07, 6.45) is 8.31. The van der Waals surface area contributed by atoms with Crippen molar-refractivity contribution < 1.29 is 19.4 Å². The van der Waals surface area contributed by atoms with E-state index in [4.69, 9.17) is 14.6 Å². The van der Waals surface area contributed by atoms with Gasteiger partial charge in [0.05, 0.1) is 12.7 Å². The molecule has 0 saturated carbocycles. The first kappa shape index (κ1) is 15.4. The average Bonchev–Trinajstić information content (AvgIpc) is 2.81. The Morgan fingerprint density at radius 1 is 1.22 bits per heavy atom. The van der Waals surface area contributed by atoms with Crippen LogP contribution in [0.1, 0.15) is 58.3 Å². The van der Waals surface area contributed by atoms with Gasteiger partial charge in [0.2, 0.25) is 0 Å². The van der Waals surface area contributed by atoms with Crippen LogP contribution in [0.4, 0.5) is 0 Å². The number of carboxylic acids is 1. The lowest BCUT2D eigenvalue weighted by Gasteiger charge is -2.11. The second-order valence-corrected chi connectivity index (χ2v) is 5.01. The quantitative estimate of drug-likeness (QED) is 0.612. The molecule has 0 aromatic heterocycles. The summed E-state index contributed by atoms with van der Waals surface area (Å²) in [6, 6.07) is 0. The number of hydrogen-bond donors (Lipinski definition) is 1. The molecule has 4 heteroatoms. The molecule has 1 aliphatic heterocycles. The Balaban J connectivity index is 1.88. The van der Waals surface area contributed by atoms with Crippen LogP contribution in [-0.2, 0) is 14.3 Å². The van der Waals surface area contributed by atoms with Crippen molar-refractivity contribution in [1.29, 1.82) is 0 Å². The first-order chi connectivity index (χ1) is 8.74. The summed E-state index contributed by atoms with van der Waals surface area (Å²) >= 11 is 0. The fraction of sp³-hybridized carbons (Fsp3) is 0.929. The van der Waals surface area contributed by atoms with E-state index in [9.17, 15) is 4.79 Å². The van der Waals surface area contributed by atoms with E-state index < -0.39 is 12.1 Å². The largest absolute Gasteiger partial charge is 0.479 e. The first-order valence-corrected chi connectivity index (χ1v) is 7.20. The molecule has 1 N–H and O–H groups in total. The molecule has 0 bridgehead atoms. The van der Waals surface area contributed by atoms with E-state index in [2.05, 4.69) is 6.92 Å². The average molecular weight is 258 g/mol. The molecule has 0 spiro atoms. The zero-order valence-electron chi connectivity index (χ0n) is 11.4. The van der Waals surface area contributed by atoms with Crippen molar-refractivity contribution in [1.82, 2.24) is 0 Å². The van der Waals surface area contributed by atoms with Gasteiger partial charge in [-0.15, -0.1) is 0 Å². The summed E-state index contributed by atoms with van der Waals surface area (Å²) in [4.78, 5) is 10.7. The van der Waals surface area contributed by atoms with E-state index in [1.807, 2.05) is 0 Å². The number of carbonyl (C=O) groups is 1. The van der Waals surface area contributed by atoms with E-state index >= 15 is 0 Å². The van der Waals surface area contributed by atoms with E-state index in [-0.39, 0.29) is 6.10 Å². The van der Waals surface area contributed by atoms with Crippen LogP contribution in [-0.4, -0.2) is 36.5 Å². The molecule has 2 atom stereocenters. The van der Waals surface area contributed by atoms with E-state index in [0.717, 1.165) is 19.4 Å². The molecule has 2 unspecified atom stereocenters. The van der Waals surface area contributed by atoms with Gasteiger partial charge in [0.25, 0.3) is 0 Å². The zero-order chi connectivity index (χ0) is 13.2. The molecule has 1 saturated heterocycles. The second kappa shape index (κ2) is 9.34. The highest BCUT2D eigenvalue weighted by atomic mass is 16.6. The lowest BCUT2D eigenvalue weighted by Crippen LogP contribution is -2.22. The van der Waals surface area contributed by atoms with Gasteiger partial charge in [-0.25, -0.2) is 4.79 Å². The minimum Gasteiger partial charge on any atom is -0.479 e. The number of hydrogen-bond acceptors (Lipinski definition) is 3. The third kappa shape index (κ3) is 6.36. The Hall–Kier alpha value is -0.610. The fourth-order valence-electron chi connectivity index (χ4n) is 2.21. The first-order valence-electron chi connectivity index (χ1n) is 7.20. The Labute approximate surface area is 110 Å². The van der Waals surface area contributed by atoms with Gasteiger partial charge in [0, 0.05) is 6.61 Å². The van der Waals surface area contributed by atoms with Crippen molar-refractivity contribution in [2.75, 3.05) is 13.2 Å². The number of unbranched alkanes of at least 4 members (excludes halogenated alkanes) is 5. The molecule has 1 heterocycles. The fourth-order valence-corrected chi connectivity index (χ4v) is 2.21. The Bertz CT molecular complexity index is 230. The standard InChI is InChI=1S/C14H26O4/c1-2-3-4-5-6-7-10-17-11-12-8-9-13(18-12)14(15)16/h12-13H,2-11H2,1H3,(H,15,16). The summed E-state index contributed by atoms with van der Waals surface area (Å²) in [5.41, 5.74) is 0. The number of aliphatic carboxylic acids is 1. The van der Waals surface area contributed by atoms with Gasteiger partial charge in [0.15, 0.2) is 6.10 Å². The van der Waals surface area contributed by atoms with Crippen molar-refractivity contribution in [2.24, 2.45) is 0 Å². The summed E-state index contributed by atoms with van der Waals surface area (Å²) in [5.74, 6) is -0.853. The van der Waals surface area contributed by atoms with Crippen LogP contribution < -0.4 is 0 Å². The highest BCUT2D eigenvalue weighted by Crippen LogP contribution is 2.20. The van der Waals surface area contributed by atoms with Gasteiger partial charge < -0.3 is 14.6 Å². The van der Waals surface area contributed by atoms with Crippen LogP contribution in [0.2, 0.25) is 0 Å². The molecular formula is C14H26O4. The topological polar surface area (TPSA) is 55.8 Å². The third-order valence-corrected chi connectivity index (χ3v) is 3.33. The Morgan fingerprint density at radius 3 is 2.61 bits per heavy atom. The summed E-state index contributed by atoms with van der Waals surface area (Å²) in [5, 5.41) is 8.78. The van der Waals surface area contributed by atoms with E-state index in [1.54, 1.807) is 0 Å². The number of ether oxygens (including phenoxy) is 2. The maximum Gasteiger partial charge on any atom is 0.332 e. The van der Waals surface area contributed by atoms with Gasteiger partial charge in [0.1, 0.15) is 0 Å². The zero-order valence-corrected chi connectivity index (χ0v) is 11.4. The third-order valence-electron chi connectivity index (χ3n) is 3.33. The van der Waals surface area contributed by atoms with Gasteiger partial charge in [-0.2, -0.15) is 0 Å². The molecule has 0 aromatic rings.